The number of carbonyl (C=O) groups is 4. The van der Waals surface area contributed by atoms with Crippen molar-refractivity contribution >= 4 is 29.4 Å². The minimum absolute atomic E-state index is 0.112. The number of imide groups is 1. The van der Waals surface area contributed by atoms with E-state index in [-0.39, 0.29) is 22.6 Å². The molecule has 1 atom stereocenters. The van der Waals surface area contributed by atoms with Gasteiger partial charge in [-0.05, 0) is 73.7 Å². The Morgan fingerprint density at radius 2 is 1.61 bits per heavy atom. The lowest BCUT2D eigenvalue weighted by atomic mass is 9.99. The molecule has 0 aliphatic carbocycles. The van der Waals surface area contributed by atoms with E-state index in [1.54, 1.807) is 17.9 Å². The molecule has 7 heteroatoms. The Kier molecular flexibility index (Phi) is 5.92. The Labute approximate surface area is 209 Å². The molecule has 2 aliphatic heterocycles. The molecule has 3 amide bonds. The predicted octanol–water partition coefficient (Wildman–Crippen LogP) is 4.23. The third-order valence-electron chi connectivity index (χ3n) is 6.80. The molecule has 1 unspecified atom stereocenters. The molecule has 7 nitrogen and oxygen atoms in total. The van der Waals surface area contributed by atoms with Gasteiger partial charge in [-0.15, -0.1) is 0 Å². The van der Waals surface area contributed by atoms with Crippen LogP contribution in [0.1, 0.15) is 60.3 Å². The van der Waals surface area contributed by atoms with Crippen molar-refractivity contribution in [1.29, 1.82) is 0 Å². The Morgan fingerprint density at radius 1 is 0.889 bits per heavy atom. The second kappa shape index (κ2) is 9.07. The van der Waals surface area contributed by atoms with Crippen molar-refractivity contribution in [2.24, 2.45) is 0 Å². The van der Waals surface area contributed by atoms with Gasteiger partial charge in [-0.1, -0.05) is 36.4 Å². The molecule has 0 fully saturated rings. The van der Waals surface area contributed by atoms with Gasteiger partial charge in [0.15, 0.2) is 6.10 Å². The molecule has 2 heterocycles. The number of hydrogen-bond donors (Lipinski definition) is 0. The third-order valence-corrected chi connectivity index (χ3v) is 6.80. The summed E-state index contributed by atoms with van der Waals surface area (Å²) < 4.78 is 5.47. The van der Waals surface area contributed by atoms with Crippen LogP contribution in [0.5, 0.6) is 0 Å². The van der Waals surface area contributed by atoms with Crippen molar-refractivity contribution in [2.45, 2.75) is 39.8 Å². The molecule has 3 aromatic rings. The Morgan fingerprint density at radius 3 is 2.39 bits per heavy atom. The van der Waals surface area contributed by atoms with Crippen molar-refractivity contribution < 1.29 is 23.9 Å². The van der Waals surface area contributed by atoms with E-state index in [2.05, 4.69) is 6.07 Å². The summed E-state index contributed by atoms with van der Waals surface area (Å²) in [4.78, 5) is 54.9. The van der Waals surface area contributed by atoms with Gasteiger partial charge >= 0.3 is 5.97 Å². The van der Waals surface area contributed by atoms with Gasteiger partial charge in [0, 0.05) is 13.1 Å². The van der Waals surface area contributed by atoms with E-state index in [4.69, 9.17) is 4.74 Å². The SMILES string of the molecule is Cc1ccc(C)c(N2C(=O)c3ccc(C(=O)OC(C)C(=O)N4CCc5ccccc5C4)cc3C2=O)c1. The van der Waals surface area contributed by atoms with Crippen LogP contribution in [-0.4, -0.2) is 41.2 Å². The van der Waals surface area contributed by atoms with Gasteiger partial charge < -0.3 is 9.64 Å². The highest BCUT2D eigenvalue weighted by Crippen LogP contribution is 2.32. The molecular formula is C29H26N2O5. The van der Waals surface area contributed by atoms with E-state index >= 15 is 0 Å². The van der Waals surface area contributed by atoms with Gasteiger partial charge in [-0.2, -0.15) is 0 Å². The van der Waals surface area contributed by atoms with Gasteiger partial charge in [-0.25, -0.2) is 9.69 Å². The molecule has 0 saturated carbocycles. The predicted molar refractivity (Wildman–Crippen MR) is 134 cm³/mol. The minimum Gasteiger partial charge on any atom is -0.449 e. The van der Waals surface area contributed by atoms with Crippen LogP contribution in [0, 0.1) is 13.8 Å². The number of rotatable bonds is 4. The van der Waals surface area contributed by atoms with Crippen molar-refractivity contribution in [2.75, 3.05) is 11.4 Å². The van der Waals surface area contributed by atoms with Crippen LogP contribution in [-0.2, 0) is 22.5 Å². The zero-order chi connectivity index (χ0) is 25.6. The lowest BCUT2D eigenvalue weighted by Gasteiger charge is -2.30. The summed E-state index contributed by atoms with van der Waals surface area (Å²) in [5.41, 5.74) is 5.03. The number of nitrogens with zero attached hydrogens (tertiary/aromatic N) is 2. The summed E-state index contributed by atoms with van der Waals surface area (Å²) in [7, 11) is 0. The van der Waals surface area contributed by atoms with E-state index in [1.165, 1.54) is 23.8 Å². The van der Waals surface area contributed by atoms with E-state index in [0.717, 1.165) is 28.0 Å². The quantitative estimate of drug-likeness (QED) is 0.410. The molecule has 0 saturated heterocycles. The molecule has 0 bridgehead atoms. The summed E-state index contributed by atoms with van der Waals surface area (Å²) in [6, 6.07) is 17.8. The van der Waals surface area contributed by atoms with Crippen LogP contribution in [0.2, 0.25) is 0 Å². The summed E-state index contributed by atoms with van der Waals surface area (Å²) in [5.74, 6) is -1.92. The summed E-state index contributed by atoms with van der Waals surface area (Å²) in [5, 5.41) is 0. The molecule has 0 spiro atoms. The fraction of sp³-hybridized carbons (Fsp3) is 0.241. The summed E-state index contributed by atoms with van der Waals surface area (Å²) in [6.45, 7) is 6.30. The largest absolute Gasteiger partial charge is 0.449 e. The van der Waals surface area contributed by atoms with Gasteiger partial charge in [-0.3, -0.25) is 14.4 Å². The van der Waals surface area contributed by atoms with Gasteiger partial charge in [0.25, 0.3) is 17.7 Å². The van der Waals surface area contributed by atoms with E-state index in [0.29, 0.717) is 18.8 Å². The van der Waals surface area contributed by atoms with Crippen LogP contribution in [0.4, 0.5) is 5.69 Å². The fourth-order valence-corrected chi connectivity index (χ4v) is 4.77. The van der Waals surface area contributed by atoms with Crippen LogP contribution in [0.25, 0.3) is 0 Å². The lowest BCUT2D eigenvalue weighted by Crippen LogP contribution is -2.42. The van der Waals surface area contributed by atoms with Gasteiger partial charge in [0.05, 0.1) is 22.4 Å². The summed E-state index contributed by atoms with van der Waals surface area (Å²) >= 11 is 0. The number of esters is 1. The monoisotopic (exact) mass is 482 g/mol. The summed E-state index contributed by atoms with van der Waals surface area (Å²) in [6.07, 6.45) is -0.236. The second-order valence-electron chi connectivity index (χ2n) is 9.32. The highest BCUT2D eigenvalue weighted by atomic mass is 16.5. The van der Waals surface area contributed by atoms with Crippen LogP contribution >= 0.6 is 0 Å². The maximum Gasteiger partial charge on any atom is 0.338 e. The molecule has 0 aromatic heterocycles. The number of carbonyl (C=O) groups excluding carboxylic acids is 4. The smallest absolute Gasteiger partial charge is 0.338 e. The highest BCUT2D eigenvalue weighted by molar-refractivity contribution is 6.35. The Balaban J connectivity index is 1.31. The number of fused-ring (bicyclic) bond motifs is 2. The number of aryl methyl sites for hydroxylation is 2. The normalized spacial score (nSPS) is 15.4. The maximum absolute atomic E-state index is 13.2. The van der Waals surface area contributed by atoms with Crippen molar-refractivity contribution in [1.82, 2.24) is 4.90 Å². The van der Waals surface area contributed by atoms with E-state index in [1.807, 2.05) is 44.2 Å². The first kappa shape index (κ1) is 23.5. The van der Waals surface area contributed by atoms with E-state index < -0.39 is 23.9 Å². The molecule has 182 valence electrons. The zero-order valence-electron chi connectivity index (χ0n) is 20.4. The zero-order valence-corrected chi connectivity index (χ0v) is 20.4. The molecule has 5 rings (SSSR count). The molecule has 3 aromatic carbocycles. The lowest BCUT2D eigenvalue weighted by molar-refractivity contribution is -0.140. The van der Waals surface area contributed by atoms with Gasteiger partial charge in [0.2, 0.25) is 0 Å². The number of amides is 3. The van der Waals surface area contributed by atoms with Crippen LogP contribution in [0.15, 0.2) is 60.7 Å². The molecule has 2 aliphatic rings. The Hall–Kier alpha value is -4.26. The molecule has 0 radical (unpaired) electrons. The molecule has 0 N–H and O–H groups in total. The van der Waals surface area contributed by atoms with E-state index in [9.17, 15) is 19.2 Å². The first-order chi connectivity index (χ1) is 17.2. The molecular weight excluding hydrogens is 456 g/mol. The topological polar surface area (TPSA) is 84.0 Å². The van der Waals surface area contributed by atoms with Crippen LogP contribution < -0.4 is 4.90 Å². The minimum atomic E-state index is -0.986. The second-order valence-corrected chi connectivity index (χ2v) is 9.32. The first-order valence-electron chi connectivity index (χ1n) is 11.9. The number of anilines is 1. The average Bonchev–Trinajstić information content (AvgIpc) is 3.13. The maximum atomic E-state index is 13.2. The van der Waals surface area contributed by atoms with Crippen molar-refractivity contribution in [3.8, 4) is 0 Å². The third kappa shape index (κ3) is 4.06. The number of ether oxygens (including phenoxy) is 1. The van der Waals surface area contributed by atoms with Crippen molar-refractivity contribution in [3.05, 3.63) is 99.6 Å². The fourth-order valence-electron chi connectivity index (χ4n) is 4.77. The van der Waals surface area contributed by atoms with Crippen LogP contribution in [0.3, 0.4) is 0 Å². The Bertz CT molecular complexity index is 1430. The molecule has 36 heavy (non-hydrogen) atoms. The highest BCUT2D eigenvalue weighted by Gasteiger charge is 2.38. The number of benzene rings is 3. The standard InChI is InChI=1S/C29H26N2O5/c1-17-8-9-18(2)25(14-17)31-27(33)23-11-10-21(15-24(23)28(31)34)29(35)36-19(3)26(32)30-13-12-20-6-4-5-7-22(20)16-30/h4-11,14-15,19H,12-13,16H2,1-3H3. The van der Waals surface area contributed by atoms with Gasteiger partial charge in [0.1, 0.15) is 0 Å². The average molecular weight is 483 g/mol. The first-order valence-corrected chi connectivity index (χ1v) is 11.9. The van der Waals surface area contributed by atoms with Crippen molar-refractivity contribution in [3.63, 3.8) is 0 Å². The number of hydrogen-bond acceptors (Lipinski definition) is 5.